The lowest BCUT2D eigenvalue weighted by atomic mass is 9.98. The SMILES string of the molecule is COc1cc(C(=O)NCC(Cc2ccc(F)cc2)C(N)=O)ccc1OCc1ccccc1Cl. The topological polar surface area (TPSA) is 90.6 Å². The molecule has 0 aliphatic rings. The van der Waals surface area contributed by atoms with E-state index in [9.17, 15) is 14.0 Å². The van der Waals surface area contributed by atoms with Crippen LogP contribution in [0, 0.1) is 11.7 Å². The van der Waals surface area contributed by atoms with Gasteiger partial charge in [-0.15, -0.1) is 0 Å². The molecule has 6 nitrogen and oxygen atoms in total. The van der Waals surface area contributed by atoms with Gasteiger partial charge in [-0.2, -0.15) is 0 Å². The summed E-state index contributed by atoms with van der Waals surface area (Å²) >= 11 is 6.16. The van der Waals surface area contributed by atoms with E-state index in [1.54, 1.807) is 36.4 Å². The summed E-state index contributed by atoms with van der Waals surface area (Å²) in [7, 11) is 1.48. The molecule has 3 rings (SSSR count). The van der Waals surface area contributed by atoms with Gasteiger partial charge in [0.05, 0.1) is 13.0 Å². The van der Waals surface area contributed by atoms with E-state index in [0.717, 1.165) is 11.1 Å². The molecular weight excluding hydrogens is 447 g/mol. The maximum atomic E-state index is 13.1. The zero-order valence-corrected chi connectivity index (χ0v) is 18.8. The van der Waals surface area contributed by atoms with E-state index < -0.39 is 17.7 Å². The molecule has 2 amide bonds. The van der Waals surface area contributed by atoms with Gasteiger partial charge in [-0.25, -0.2) is 4.39 Å². The Kier molecular flexibility index (Phi) is 8.27. The minimum Gasteiger partial charge on any atom is -0.493 e. The molecule has 0 spiro atoms. The van der Waals surface area contributed by atoms with Crippen molar-refractivity contribution >= 4 is 23.4 Å². The summed E-state index contributed by atoms with van der Waals surface area (Å²) in [6, 6.07) is 17.9. The molecule has 0 radical (unpaired) electrons. The average Bonchev–Trinajstić information content (AvgIpc) is 2.82. The summed E-state index contributed by atoms with van der Waals surface area (Å²) in [5.74, 6) is -1.11. The Morgan fingerprint density at radius 2 is 1.79 bits per heavy atom. The average molecular weight is 471 g/mol. The molecular formula is C25H24ClFN2O4. The van der Waals surface area contributed by atoms with Crippen molar-refractivity contribution in [1.82, 2.24) is 5.32 Å². The monoisotopic (exact) mass is 470 g/mol. The van der Waals surface area contributed by atoms with Crippen LogP contribution in [0.15, 0.2) is 66.7 Å². The van der Waals surface area contributed by atoms with E-state index in [4.69, 9.17) is 26.8 Å². The lowest BCUT2D eigenvalue weighted by Gasteiger charge is -2.16. The van der Waals surface area contributed by atoms with Crippen LogP contribution in [-0.4, -0.2) is 25.5 Å². The van der Waals surface area contributed by atoms with Gasteiger partial charge >= 0.3 is 0 Å². The number of nitrogens with two attached hydrogens (primary N) is 1. The number of rotatable bonds is 10. The second kappa shape index (κ2) is 11.3. The summed E-state index contributed by atoms with van der Waals surface area (Å²) < 4.78 is 24.3. The number of halogens is 2. The predicted molar refractivity (Wildman–Crippen MR) is 124 cm³/mol. The second-order valence-electron chi connectivity index (χ2n) is 7.39. The molecule has 1 unspecified atom stereocenters. The van der Waals surface area contributed by atoms with Crippen molar-refractivity contribution in [2.24, 2.45) is 11.7 Å². The van der Waals surface area contributed by atoms with E-state index in [1.807, 2.05) is 18.2 Å². The van der Waals surface area contributed by atoms with Crippen molar-refractivity contribution in [3.63, 3.8) is 0 Å². The van der Waals surface area contributed by atoms with Gasteiger partial charge < -0.3 is 20.5 Å². The quantitative estimate of drug-likeness (QED) is 0.466. The standard InChI is InChI=1S/C25H24ClFN2O4/c1-32-23-13-17(8-11-22(23)33-15-18-4-2-3-5-21(18)26)25(31)29-14-19(24(28)30)12-16-6-9-20(27)10-7-16/h2-11,13,19H,12,14-15H2,1H3,(H2,28,30)(H,29,31). The summed E-state index contributed by atoms with van der Waals surface area (Å²) in [4.78, 5) is 24.5. The van der Waals surface area contributed by atoms with Crippen molar-refractivity contribution in [3.05, 3.63) is 94.3 Å². The first-order chi connectivity index (χ1) is 15.9. The van der Waals surface area contributed by atoms with Crippen molar-refractivity contribution in [3.8, 4) is 11.5 Å². The fourth-order valence-corrected chi connectivity index (χ4v) is 3.39. The summed E-state index contributed by atoms with van der Waals surface area (Å²) in [5, 5.41) is 3.31. The normalized spacial score (nSPS) is 11.5. The zero-order valence-electron chi connectivity index (χ0n) is 18.0. The second-order valence-corrected chi connectivity index (χ2v) is 7.79. The van der Waals surface area contributed by atoms with Gasteiger partial charge in [0.2, 0.25) is 5.91 Å². The molecule has 0 saturated carbocycles. The van der Waals surface area contributed by atoms with Crippen LogP contribution in [0.1, 0.15) is 21.5 Å². The molecule has 0 aliphatic carbocycles. The van der Waals surface area contributed by atoms with Gasteiger partial charge in [0.15, 0.2) is 11.5 Å². The number of primary amides is 1. The minimum atomic E-state index is -0.639. The molecule has 172 valence electrons. The van der Waals surface area contributed by atoms with Crippen molar-refractivity contribution < 1.29 is 23.5 Å². The van der Waals surface area contributed by atoms with E-state index in [2.05, 4.69) is 5.32 Å². The molecule has 1 atom stereocenters. The number of hydrogen-bond donors (Lipinski definition) is 2. The highest BCUT2D eigenvalue weighted by molar-refractivity contribution is 6.31. The molecule has 0 saturated heterocycles. The van der Waals surface area contributed by atoms with Crippen LogP contribution in [0.3, 0.4) is 0 Å². The third-order valence-corrected chi connectivity index (χ3v) is 5.44. The Morgan fingerprint density at radius 1 is 1.06 bits per heavy atom. The highest BCUT2D eigenvalue weighted by Crippen LogP contribution is 2.29. The maximum absolute atomic E-state index is 13.1. The van der Waals surface area contributed by atoms with E-state index in [1.165, 1.54) is 19.2 Å². The largest absolute Gasteiger partial charge is 0.493 e. The molecule has 3 aromatic carbocycles. The number of amides is 2. The van der Waals surface area contributed by atoms with Gasteiger partial charge in [-0.3, -0.25) is 9.59 Å². The highest BCUT2D eigenvalue weighted by atomic mass is 35.5. The van der Waals surface area contributed by atoms with Crippen LogP contribution < -0.4 is 20.5 Å². The Balaban J connectivity index is 1.63. The van der Waals surface area contributed by atoms with Gasteiger partial charge in [0, 0.05) is 22.7 Å². The molecule has 33 heavy (non-hydrogen) atoms. The lowest BCUT2D eigenvalue weighted by molar-refractivity contribution is -0.121. The lowest BCUT2D eigenvalue weighted by Crippen LogP contribution is -2.37. The summed E-state index contributed by atoms with van der Waals surface area (Å²) in [6.07, 6.45) is 0.286. The maximum Gasteiger partial charge on any atom is 0.251 e. The molecule has 0 heterocycles. The smallest absolute Gasteiger partial charge is 0.251 e. The summed E-state index contributed by atoms with van der Waals surface area (Å²) in [6.45, 7) is 0.282. The fourth-order valence-electron chi connectivity index (χ4n) is 3.20. The Labute approximate surface area is 196 Å². The van der Waals surface area contributed by atoms with Gasteiger partial charge in [0.25, 0.3) is 5.91 Å². The van der Waals surface area contributed by atoms with Crippen LogP contribution in [0.25, 0.3) is 0 Å². The van der Waals surface area contributed by atoms with Crippen molar-refractivity contribution in [2.75, 3.05) is 13.7 Å². The number of methoxy groups -OCH3 is 1. The zero-order chi connectivity index (χ0) is 23.8. The summed E-state index contributed by atoms with van der Waals surface area (Å²) in [5.41, 5.74) is 7.39. The van der Waals surface area contributed by atoms with Crippen molar-refractivity contribution in [1.29, 1.82) is 0 Å². The van der Waals surface area contributed by atoms with E-state index in [0.29, 0.717) is 22.1 Å². The van der Waals surface area contributed by atoms with Crippen LogP contribution in [0.2, 0.25) is 5.02 Å². The Morgan fingerprint density at radius 3 is 2.45 bits per heavy atom. The number of ether oxygens (including phenoxy) is 2. The predicted octanol–water partition coefficient (Wildman–Crippen LogP) is 4.14. The third kappa shape index (κ3) is 6.70. The highest BCUT2D eigenvalue weighted by Gasteiger charge is 2.19. The third-order valence-electron chi connectivity index (χ3n) is 5.07. The van der Waals surface area contributed by atoms with Gasteiger partial charge in [-0.1, -0.05) is 41.9 Å². The molecule has 0 bridgehead atoms. The van der Waals surface area contributed by atoms with Crippen molar-refractivity contribution in [2.45, 2.75) is 13.0 Å². The molecule has 3 N–H and O–H groups in total. The fraction of sp³-hybridized carbons (Fsp3) is 0.200. The Hall–Kier alpha value is -3.58. The number of benzene rings is 3. The molecule has 8 heteroatoms. The van der Waals surface area contributed by atoms with Crippen LogP contribution >= 0.6 is 11.6 Å². The van der Waals surface area contributed by atoms with Gasteiger partial charge in [-0.05, 0) is 48.4 Å². The molecule has 0 fully saturated rings. The van der Waals surface area contributed by atoms with Crippen LogP contribution in [0.4, 0.5) is 4.39 Å². The van der Waals surface area contributed by atoms with Crippen LogP contribution in [0.5, 0.6) is 11.5 Å². The first-order valence-electron chi connectivity index (χ1n) is 10.2. The minimum absolute atomic E-state index is 0.0403. The molecule has 0 aromatic heterocycles. The molecule has 0 aliphatic heterocycles. The first-order valence-corrected chi connectivity index (χ1v) is 10.6. The number of nitrogens with one attached hydrogen (secondary N) is 1. The van der Waals surface area contributed by atoms with Gasteiger partial charge in [0.1, 0.15) is 12.4 Å². The van der Waals surface area contributed by atoms with E-state index in [-0.39, 0.29) is 25.4 Å². The number of carbonyl (C=O) groups excluding carboxylic acids is 2. The number of carbonyl (C=O) groups is 2. The molecule has 3 aromatic rings. The van der Waals surface area contributed by atoms with Crippen LogP contribution in [-0.2, 0) is 17.8 Å². The first kappa shape index (κ1) is 24.1. The number of hydrogen-bond acceptors (Lipinski definition) is 4. The van der Waals surface area contributed by atoms with E-state index >= 15 is 0 Å². The Bertz CT molecular complexity index is 1120.